The minimum Gasteiger partial charge on any atom is -0.376 e. The summed E-state index contributed by atoms with van der Waals surface area (Å²) in [5.74, 6) is 1.45. The fourth-order valence-corrected chi connectivity index (χ4v) is 3.10. The summed E-state index contributed by atoms with van der Waals surface area (Å²) in [6, 6.07) is 0.112. The Morgan fingerprint density at radius 3 is 2.89 bits per heavy atom. The standard InChI is InChI=1S/C19H35N7O2/c1-6-16-25-22-13-26(16)10-9-20-18(21-12-17(27)24-19(3,4)5)23-14(2)15-8-7-11-28-15/h13-15H,6-12H2,1-5H3,(H,24,27)(H2,20,21,23). The predicted octanol–water partition coefficient (Wildman–Crippen LogP) is 0.858. The number of aryl methyl sites for hydroxylation is 1. The number of aromatic nitrogens is 3. The second kappa shape index (κ2) is 10.4. The highest BCUT2D eigenvalue weighted by Gasteiger charge is 2.23. The summed E-state index contributed by atoms with van der Waals surface area (Å²) in [6.07, 6.45) is 4.85. The molecule has 0 aromatic carbocycles. The largest absolute Gasteiger partial charge is 0.376 e. The maximum absolute atomic E-state index is 12.1. The van der Waals surface area contributed by atoms with Crippen LogP contribution in [0.15, 0.2) is 11.3 Å². The third-order valence-electron chi connectivity index (χ3n) is 4.44. The van der Waals surface area contributed by atoms with Crippen molar-refractivity contribution in [3.05, 3.63) is 12.2 Å². The van der Waals surface area contributed by atoms with Crippen molar-refractivity contribution in [1.29, 1.82) is 0 Å². The second-order valence-corrected chi connectivity index (χ2v) is 8.17. The van der Waals surface area contributed by atoms with Crippen LogP contribution in [0.25, 0.3) is 0 Å². The number of rotatable bonds is 8. The summed E-state index contributed by atoms with van der Waals surface area (Å²) in [7, 11) is 0. The molecule has 1 aromatic rings. The molecule has 2 rings (SSSR count). The molecule has 1 fully saturated rings. The number of amides is 1. The summed E-state index contributed by atoms with van der Waals surface area (Å²) >= 11 is 0. The van der Waals surface area contributed by atoms with E-state index in [1.54, 1.807) is 6.33 Å². The smallest absolute Gasteiger partial charge is 0.242 e. The van der Waals surface area contributed by atoms with Crippen molar-refractivity contribution in [3.8, 4) is 0 Å². The highest BCUT2D eigenvalue weighted by atomic mass is 16.5. The predicted molar refractivity (Wildman–Crippen MR) is 109 cm³/mol. The van der Waals surface area contributed by atoms with E-state index in [1.165, 1.54) is 0 Å². The van der Waals surface area contributed by atoms with E-state index < -0.39 is 0 Å². The molecule has 9 heteroatoms. The molecule has 9 nitrogen and oxygen atoms in total. The normalized spacial score (nSPS) is 18.8. The van der Waals surface area contributed by atoms with Crippen molar-refractivity contribution >= 4 is 11.9 Å². The van der Waals surface area contributed by atoms with Gasteiger partial charge in [-0.2, -0.15) is 0 Å². The Labute approximate surface area is 167 Å². The first-order valence-electron chi connectivity index (χ1n) is 10.1. The lowest BCUT2D eigenvalue weighted by Gasteiger charge is -2.23. The van der Waals surface area contributed by atoms with E-state index in [-0.39, 0.29) is 30.1 Å². The van der Waals surface area contributed by atoms with Gasteiger partial charge in [-0.1, -0.05) is 6.92 Å². The van der Waals surface area contributed by atoms with Gasteiger partial charge in [-0.05, 0) is 40.5 Å². The van der Waals surface area contributed by atoms with Crippen molar-refractivity contribution < 1.29 is 9.53 Å². The van der Waals surface area contributed by atoms with Gasteiger partial charge in [-0.15, -0.1) is 10.2 Å². The third-order valence-corrected chi connectivity index (χ3v) is 4.44. The van der Waals surface area contributed by atoms with Crippen LogP contribution in [-0.4, -0.2) is 64.0 Å². The topological polar surface area (TPSA) is 105 Å². The van der Waals surface area contributed by atoms with Gasteiger partial charge in [0.2, 0.25) is 5.91 Å². The molecule has 2 unspecified atom stereocenters. The molecule has 0 bridgehead atoms. The van der Waals surface area contributed by atoms with Crippen LogP contribution < -0.4 is 16.0 Å². The molecule has 3 N–H and O–H groups in total. The molecular formula is C19H35N7O2. The number of hydrogen-bond donors (Lipinski definition) is 3. The van der Waals surface area contributed by atoms with Gasteiger partial charge in [-0.25, -0.2) is 4.99 Å². The van der Waals surface area contributed by atoms with Crippen LogP contribution in [0.2, 0.25) is 0 Å². The van der Waals surface area contributed by atoms with E-state index in [9.17, 15) is 4.79 Å². The third kappa shape index (κ3) is 7.46. The first-order valence-corrected chi connectivity index (χ1v) is 10.1. The number of nitrogens with zero attached hydrogens (tertiary/aromatic N) is 4. The molecule has 158 valence electrons. The molecule has 0 aliphatic carbocycles. The van der Waals surface area contributed by atoms with Crippen LogP contribution in [0.1, 0.15) is 53.3 Å². The van der Waals surface area contributed by atoms with Gasteiger partial charge < -0.3 is 25.3 Å². The van der Waals surface area contributed by atoms with Crippen molar-refractivity contribution in [2.45, 2.75) is 78.1 Å². The van der Waals surface area contributed by atoms with Gasteiger partial charge >= 0.3 is 0 Å². The minimum atomic E-state index is -0.274. The molecule has 1 amide bonds. The van der Waals surface area contributed by atoms with E-state index in [1.807, 2.05) is 25.3 Å². The van der Waals surface area contributed by atoms with Gasteiger partial charge in [0.1, 0.15) is 18.7 Å². The first-order chi connectivity index (χ1) is 13.3. The Balaban J connectivity index is 1.94. The first kappa shape index (κ1) is 22.1. The second-order valence-electron chi connectivity index (χ2n) is 8.17. The van der Waals surface area contributed by atoms with Crippen molar-refractivity contribution in [1.82, 2.24) is 30.7 Å². The van der Waals surface area contributed by atoms with Crippen LogP contribution in [-0.2, 0) is 22.5 Å². The average Bonchev–Trinajstić information content (AvgIpc) is 3.29. The molecule has 1 aromatic heterocycles. The van der Waals surface area contributed by atoms with Gasteiger partial charge in [0, 0.05) is 31.7 Å². The van der Waals surface area contributed by atoms with E-state index in [2.05, 4.69) is 45.0 Å². The number of hydrogen-bond acceptors (Lipinski definition) is 5. The van der Waals surface area contributed by atoms with Crippen molar-refractivity contribution in [3.63, 3.8) is 0 Å². The fraction of sp³-hybridized carbons (Fsp3) is 0.789. The summed E-state index contributed by atoms with van der Waals surface area (Å²) in [5.41, 5.74) is -0.274. The summed E-state index contributed by atoms with van der Waals surface area (Å²) < 4.78 is 7.77. The lowest BCUT2D eigenvalue weighted by atomic mass is 10.1. The monoisotopic (exact) mass is 393 g/mol. The van der Waals surface area contributed by atoms with E-state index in [0.717, 1.165) is 38.2 Å². The Morgan fingerprint density at radius 1 is 1.46 bits per heavy atom. The molecule has 2 heterocycles. The number of nitrogens with one attached hydrogen (secondary N) is 3. The molecule has 28 heavy (non-hydrogen) atoms. The van der Waals surface area contributed by atoms with Crippen LogP contribution in [0, 0.1) is 0 Å². The fourth-order valence-electron chi connectivity index (χ4n) is 3.10. The van der Waals surface area contributed by atoms with E-state index in [4.69, 9.17) is 4.74 Å². The van der Waals surface area contributed by atoms with Crippen LogP contribution in [0.5, 0.6) is 0 Å². The molecule has 0 saturated carbocycles. The molecule has 1 aliphatic rings. The van der Waals surface area contributed by atoms with E-state index >= 15 is 0 Å². The van der Waals surface area contributed by atoms with Crippen molar-refractivity contribution in [2.24, 2.45) is 4.99 Å². The van der Waals surface area contributed by atoms with Gasteiger partial charge in [0.05, 0.1) is 12.1 Å². The van der Waals surface area contributed by atoms with Crippen LogP contribution in [0.3, 0.4) is 0 Å². The van der Waals surface area contributed by atoms with Gasteiger partial charge in [0.25, 0.3) is 0 Å². The highest BCUT2D eigenvalue weighted by molar-refractivity contribution is 5.85. The quantitative estimate of drug-likeness (QED) is 0.447. The molecule has 0 spiro atoms. The molecular weight excluding hydrogens is 358 g/mol. The van der Waals surface area contributed by atoms with Crippen molar-refractivity contribution in [2.75, 3.05) is 19.7 Å². The summed E-state index contributed by atoms with van der Waals surface area (Å²) in [6.45, 7) is 12.2. The molecule has 1 saturated heterocycles. The average molecular weight is 394 g/mol. The Morgan fingerprint density at radius 2 is 2.25 bits per heavy atom. The number of aliphatic imine (C=N–C) groups is 1. The summed E-state index contributed by atoms with van der Waals surface area (Å²) in [4.78, 5) is 16.6. The minimum absolute atomic E-state index is 0.0672. The highest BCUT2D eigenvalue weighted by Crippen LogP contribution is 2.15. The molecule has 2 atom stereocenters. The Kier molecular flexibility index (Phi) is 8.22. The number of ether oxygens (including phenoxy) is 1. The Bertz CT molecular complexity index is 645. The molecule has 1 aliphatic heterocycles. The maximum atomic E-state index is 12.1. The molecule has 0 radical (unpaired) electrons. The van der Waals surface area contributed by atoms with Gasteiger partial charge in [-0.3, -0.25) is 4.79 Å². The lowest BCUT2D eigenvalue weighted by molar-refractivity contribution is -0.121. The van der Waals surface area contributed by atoms with Gasteiger partial charge in [0.15, 0.2) is 5.96 Å². The number of guanidine groups is 1. The Hall–Kier alpha value is -2.16. The zero-order valence-corrected chi connectivity index (χ0v) is 17.8. The number of carbonyl (C=O) groups excluding carboxylic acids is 1. The zero-order valence-electron chi connectivity index (χ0n) is 17.8. The van der Waals surface area contributed by atoms with E-state index in [0.29, 0.717) is 12.5 Å². The summed E-state index contributed by atoms with van der Waals surface area (Å²) in [5, 5.41) is 17.7. The number of carbonyl (C=O) groups is 1. The van der Waals surface area contributed by atoms with Crippen LogP contribution in [0.4, 0.5) is 0 Å². The zero-order chi connectivity index (χ0) is 20.6. The lowest BCUT2D eigenvalue weighted by Crippen LogP contribution is -2.48. The maximum Gasteiger partial charge on any atom is 0.242 e. The SMILES string of the molecule is CCc1nncn1CCNC(=NCC(=O)NC(C)(C)C)NC(C)C1CCCO1. The van der Waals surface area contributed by atoms with Crippen LogP contribution >= 0.6 is 0 Å².